The SMILES string of the molecule is CCCCCCCCCCCCCCCCCCOCC(COC(=O)N(CCN(C)C)C(C)=O)OCc1ccccc1. The molecule has 0 fully saturated rings. The van der Waals surface area contributed by atoms with Gasteiger partial charge in [0.1, 0.15) is 12.7 Å². The van der Waals surface area contributed by atoms with Gasteiger partial charge >= 0.3 is 6.09 Å². The number of carbonyl (C=O) groups excluding carboxylic acids is 2. The fourth-order valence-corrected chi connectivity index (χ4v) is 4.82. The predicted molar refractivity (Wildman–Crippen MR) is 173 cm³/mol. The van der Waals surface area contributed by atoms with Crippen molar-refractivity contribution < 1.29 is 23.8 Å². The second kappa shape index (κ2) is 26.7. The first-order valence-electron chi connectivity index (χ1n) is 16.8. The molecule has 0 saturated carbocycles. The second-order valence-corrected chi connectivity index (χ2v) is 11.8. The number of carbonyl (C=O) groups is 2. The molecule has 1 aromatic rings. The molecule has 7 heteroatoms. The highest BCUT2D eigenvalue weighted by Gasteiger charge is 2.21. The number of nitrogens with zero attached hydrogens (tertiary/aromatic N) is 2. The summed E-state index contributed by atoms with van der Waals surface area (Å²) in [4.78, 5) is 27.6. The number of hydrogen-bond acceptors (Lipinski definition) is 6. The zero-order chi connectivity index (χ0) is 30.7. The summed E-state index contributed by atoms with van der Waals surface area (Å²) in [5.41, 5.74) is 1.04. The lowest BCUT2D eigenvalue weighted by atomic mass is 10.0. The zero-order valence-corrected chi connectivity index (χ0v) is 27.5. The van der Waals surface area contributed by atoms with Crippen LogP contribution in [0.15, 0.2) is 30.3 Å². The number of ether oxygens (including phenoxy) is 3. The lowest BCUT2D eigenvalue weighted by Gasteiger charge is -2.23. The molecule has 242 valence electrons. The molecule has 2 amide bonds. The molecule has 1 unspecified atom stereocenters. The molecule has 42 heavy (non-hydrogen) atoms. The van der Waals surface area contributed by atoms with E-state index in [0.29, 0.717) is 26.4 Å². The van der Waals surface area contributed by atoms with E-state index in [0.717, 1.165) is 16.9 Å². The van der Waals surface area contributed by atoms with Crippen molar-refractivity contribution in [3.05, 3.63) is 35.9 Å². The van der Waals surface area contributed by atoms with Crippen LogP contribution >= 0.6 is 0 Å². The Labute approximate surface area is 257 Å². The Bertz CT molecular complexity index is 774. The summed E-state index contributed by atoms with van der Waals surface area (Å²) in [6.45, 7) is 5.97. The molecular formula is C35H62N2O5. The highest BCUT2D eigenvalue weighted by molar-refractivity contribution is 5.90. The van der Waals surface area contributed by atoms with E-state index in [9.17, 15) is 9.59 Å². The number of unbranched alkanes of at least 4 members (excludes halogenated alkanes) is 15. The molecule has 0 spiro atoms. The van der Waals surface area contributed by atoms with Gasteiger partial charge in [0.15, 0.2) is 0 Å². The maximum Gasteiger partial charge on any atom is 0.416 e. The molecule has 1 atom stereocenters. The van der Waals surface area contributed by atoms with E-state index in [1.807, 2.05) is 49.3 Å². The first kappa shape index (κ1) is 38.1. The van der Waals surface area contributed by atoms with Gasteiger partial charge in [-0.15, -0.1) is 0 Å². The van der Waals surface area contributed by atoms with Gasteiger partial charge in [0.2, 0.25) is 5.91 Å². The highest BCUT2D eigenvalue weighted by Crippen LogP contribution is 2.14. The van der Waals surface area contributed by atoms with E-state index in [2.05, 4.69) is 6.92 Å². The minimum atomic E-state index is -0.643. The first-order valence-corrected chi connectivity index (χ1v) is 16.8. The van der Waals surface area contributed by atoms with E-state index < -0.39 is 12.2 Å². The Balaban J connectivity index is 2.19. The van der Waals surface area contributed by atoms with Gasteiger partial charge < -0.3 is 19.1 Å². The normalized spacial score (nSPS) is 12.0. The van der Waals surface area contributed by atoms with Crippen LogP contribution in [0.2, 0.25) is 0 Å². The van der Waals surface area contributed by atoms with Crippen LogP contribution in [0.25, 0.3) is 0 Å². The monoisotopic (exact) mass is 590 g/mol. The van der Waals surface area contributed by atoms with E-state index in [4.69, 9.17) is 14.2 Å². The first-order chi connectivity index (χ1) is 20.4. The molecule has 0 aliphatic rings. The molecule has 0 heterocycles. The van der Waals surface area contributed by atoms with Crippen molar-refractivity contribution >= 4 is 12.0 Å². The summed E-state index contributed by atoms with van der Waals surface area (Å²) in [6, 6.07) is 9.90. The van der Waals surface area contributed by atoms with Crippen molar-refractivity contribution in [1.29, 1.82) is 0 Å². The molecule has 0 saturated heterocycles. The Morgan fingerprint density at radius 3 is 1.74 bits per heavy atom. The lowest BCUT2D eigenvalue weighted by molar-refractivity contribution is -0.128. The van der Waals surface area contributed by atoms with Gasteiger partial charge in [0.25, 0.3) is 0 Å². The average molecular weight is 591 g/mol. The summed E-state index contributed by atoms with van der Waals surface area (Å²) in [7, 11) is 3.79. The molecular weight excluding hydrogens is 528 g/mol. The number of rotatable bonds is 27. The molecule has 1 aromatic carbocycles. The third kappa shape index (κ3) is 21.7. The largest absolute Gasteiger partial charge is 0.446 e. The van der Waals surface area contributed by atoms with Crippen molar-refractivity contribution in [2.24, 2.45) is 0 Å². The zero-order valence-electron chi connectivity index (χ0n) is 27.5. The topological polar surface area (TPSA) is 68.3 Å². The van der Waals surface area contributed by atoms with Crippen molar-refractivity contribution in [2.45, 2.75) is 129 Å². The third-order valence-corrected chi connectivity index (χ3v) is 7.54. The molecule has 0 aromatic heterocycles. The predicted octanol–water partition coefficient (Wildman–Crippen LogP) is 8.40. The molecule has 0 bridgehead atoms. The minimum Gasteiger partial charge on any atom is -0.446 e. The quantitative estimate of drug-likeness (QED) is 0.0959. The van der Waals surface area contributed by atoms with Crippen LogP contribution in [0.5, 0.6) is 0 Å². The molecule has 1 rings (SSSR count). The summed E-state index contributed by atoms with van der Waals surface area (Å²) in [5.74, 6) is -0.330. The Hall–Kier alpha value is -1.96. The van der Waals surface area contributed by atoms with Crippen molar-refractivity contribution in [3.8, 4) is 0 Å². The minimum absolute atomic E-state index is 0.0381. The van der Waals surface area contributed by atoms with Gasteiger partial charge in [0.05, 0.1) is 13.2 Å². The van der Waals surface area contributed by atoms with Crippen molar-refractivity contribution in [2.75, 3.05) is 47.0 Å². The van der Waals surface area contributed by atoms with Gasteiger partial charge in [-0.1, -0.05) is 134 Å². The summed E-state index contributed by atoms with van der Waals surface area (Å²) >= 11 is 0. The van der Waals surface area contributed by atoms with Gasteiger partial charge in [-0.3, -0.25) is 4.79 Å². The molecule has 0 radical (unpaired) electrons. The maximum atomic E-state index is 12.6. The van der Waals surface area contributed by atoms with E-state index >= 15 is 0 Å². The van der Waals surface area contributed by atoms with E-state index in [1.54, 1.807) is 0 Å². The summed E-state index contributed by atoms with van der Waals surface area (Å²) < 4.78 is 17.4. The number of imide groups is 1. The maximum absolute atomic E-state index is 12.6. The standard InChI is InChI=1S/C35H62N2O5/c1-5-6-7-8-9-10-11-12-13-14-15-16-17-18-19-23-28-40-30-34(41-29-33-24-21-20-22-25-33)31-42-35(39)37(32(2)38)27-26-36(3)4/h20-22,24-25,34H,5-19,23,26-31H2,1-4H3. The molecule has 7 nitrogen and oxygen atoms in total. The van der Waals surface area contributed by atoms with Crippen LogP contribution < -0.4 is 0 Å². The fraction of sp³-hybridized carbons (Fsp3) is 0.771. The smallest absolute Gasteiger partial charge is 0.416 e. The summed E-state index contributed by atoms with van der Waals surface area (Å²) in [5, 5.41) is 0. The molecule has 0 aliphatic carbocycles. The van der Waals surface area contributed by atoms with E-state index in [1.165, 1.54) is 103 Å². The van der Waals surface area contributed by atoms with Crippen LogP contribution in [-0.2, 0) is 25.6 Å². The number of likely N-dealkylation sites (N-methyl/N-ethyl adjacent to an activating group) is 1. The van der Waals surface area contributed by atoms with Crippen LogP contribution in [0.3, 0.4) is 0 Å². The Kier molecular flexibility index (Phi) is 24.2. The van der Waals surface area contributed by atoms with Gasteiger partial charge in [-0.05, 0) is 26.1 Å². The number of benzene rings is 1. The Morgan fingerprint density at radius 1 is 0.714 bits per heavy atom. The highest BCUT2D eigenvalue weighted by atomic mass is 16.6. The van der Waals surface area contributed by atoms with Gasteiger partial charge in [0, 0.05) is 26.6 Å². The van der Waals surface area contributed by atoms with Crippen molar-refractivity contribution in [3.63, 3.8) is 0 Å². The third-order valence-electron chi connectivity index (χ3n) is 7.54. The van der Waals surface area contributed by atoms with Gasteiger partial charge in [-0.25, -0.2) is 9.69 Å². The second-order valence-electron chi connectivity index (χ2n) is 11.8. The Morgan fingerprint density at radius 2 is 1.24 bits per heavy atom. The fourth-order valence-electron chi connectivity index (χ4n) is 4.82. The van der Waals surface area contributed by atoms with Crippen LogP contribution in [0, 0.1) is 0 Å². The van der Waals surface area contributed by atoms with Crippen LogP contribution in [0.4, 0.5) is 4.79 Å². The lowest BCUT2D eigenvalue weighted by Crippen LogP contribution is -2.41. The number of amides is 2. The number of hydrogen-bond donors (Lipinski definition) is 0. The molecule has 0 N–H and O–H groups in total. The van der Waals surface area contributed by atoms with Gasteiger partial charge in [-0.2, -0.15) is 0 Å². The summed E-state index contributed by atoms with van der Waals surface area (Å²) in [6.07, 6.45) is 20.4. The van der Waals surface area contributed by atoms with E-state index in [-0.39, 0.29) is 19.1 Å². The van der Waals surface area contributed by atoms with Crippen molar-refractivity contribution in [1.82, 2.24) is 9.80 Å². The van der Waals surface area contributed by atoms with Crippen LogP contribution in [0.1, 0.15) is 122 Å². The average Bonchev–Trinajstić information content (AvgIpc) is 2.97. The molecule has 0 aliphatic heterocycles. The van der Waals surface area contributed by atoms with Crippen LogP contribution in [-0.4, -0.2) is 74.9 Å².